The van der Waals surface area contributed by atoms with Crippen molar-refractivity contribution in [2.45, 2.75) is 12.8 Å². The van der Waals surface area contributed by atoms with Gasteiger partial charge in [-0.2, -0.15) is 5.26 Å². The van der Waals surface area contributed by atoms with Gasteiger partial charge in [-0.3, -0.25) is 0 Å². The van der Waals surface area contributed by atoms with E-state index in [9.17, 15) is 0 Å². The monoisotopic (exact) mass is 183 g/mol. The molecule has 0 fully saturated rings. The van der Waals surface area contributed by atoms with Crippen LogP contribution in [-0.2, 0) is 0 Å². The molecule has 0 radical (unpaired) electrons. The van der Waals surface area contributed by atoms with Crippen molar-refractivity contribution in [1.82, 2.24) is 0 Å². The first-order valence-electron chi connectivity index (χ1n) is 2.78. The molecule has 0 saturated carbocycles. The van der Waals surface area contributed by atoms with Crippen molar-refractivity contribution < 1.29 is 0 Å². The first-order valence-corrected chi connectivity index (χ1v) is 3.57. The van der Waals surface area contributed by atoms with Crippen LogP contribution in [0, 0.1) is 11.3 Å². The zero-order chi connectivity index (χ0) is 6.69. The molecule has 2 heteroatoms. The van der Waals surface area contributed by atoms with Crippen LogP contribution in [0.15, 0.2) is 22.2 Å². The fourth-order valence-electron chi connectivity index (χ4n) is 0.705. The highest BCUT2D eigenvalue weighted by molar-refractivity contribution is 9.11. The molecule has 0 N–H and O–H groups in total. The Morgan fingerprint density at radius 1 is 1.44 bits per heavy atom. The van der Waals surface area contributed by atoms with Gasteiger partial charge in [0.15, 0.2) is 0 Å². The Hall–Kier alpha value is -0.550. The molecule has 0 spiro atoms. The first kappa shape index (κ1) is 6.57. The van der Waals surface area contributed by atoms with E-state index in [1.807, 2.05) is 12.2 Å². The fraction of sp³-hybridized carbons (Fsp3) is 0.286. The van der Waals surface area contributed by atoms with Crippen molar-refractivity contribution >= 4 is 15.9 Å². The number of nitrogens with zero attached hydrogens (tertiary/aromatic N) is 1. The van der Waals surface area contributed by atoms with Crippen LogP contribution in [0.5, 0.6) is 0 Å². The van der Waals surface area contributed by atoms with Gasteiger partial charge in [-0.25, -0.2) is 0 Å². The van der Waals surface area contributed by atoms with Gasteiger partial charge in [0.1, 0.15) is 0 Å². The Balaban J connectivity index is 2.73. The Bertz CT molecular complexity index is 207. The molecule has 1 rings (SSSR count). The van der Waals surface area contributed by atoms with Crippen molar-refractivity contribution in [2.75, 3.05) is 0 Å². The molecule has 0 bridgehead atoms. The van der Waals surface area contributed by atoms with Crippen LogP contribution in [0.3, 0.4) is 0 Å². The summed E-state index contributed by atoms with van der Waals surface area (Å²) < 4.78 is 1.18. The van der Waals surface area contributed by atoms with Crippen LogP contribution in [0.2, 0.25) is 0 Å². The molecular formula is C7H6BrN. The van der Waals surface area contributed by atoms with Gasteiger partial charge in [0, 0.05) is 5.57 Å². The zero-order valence-corrected chi connectivity index (χ0v) is 6.48. The molecule has 1 nitrogen and oxygen atoms in total. The second kappa shape index (κ2) is 2.84. The van der Waals surface area contributed by atoms with Crippen molar-refractivity contribution in [3.05, 3.63) is 22.2 Å². The second-order valence-corrected chi connectivity index (χ2v) is 2.94. The van der Waals surface area contributed by atoms with E-state index in [0.29, 0.717) is 0 Å². The van der Waals surface area contributed by atoms with Crippen LogP contribution < -0.4 is 0 Å². The minimum Gasteiger partial charge on any atom is -0.193 e. The molecule has 0 saturated heterocycles. The summed E-state index contributed by atoms with van der Waals surface area (Å²) in [5, 5.41) is 8.41. The number of hydrogen-bond donors (Lipinski definition) is 0. The van der Waals surface area contributed by atoms with Gasteiger partial charge in [0.2, 0.25) is 0 Å². The maximum absolute atomic E-state index is 8.41. The highest BCUT2D eigenvalue weighted by Crippen LogP contribution is 2.21. The molecule has 0 unspecified atom stereocenters. The van der Waals surface area contributed by atoms with Gasteiger partial charge in [-0.05, 0) is 23.4 Å². The molecule has 0 aromatic carbocycles. The standard InChI is InChI=1S/C7H6BrN/c8-7-3-1-6(5-9)2-4-7/h1,3H,2,4H2. The number of allylic oxidation sites excluding steroid dienone is 4. The lowest BCUT2D eigenvalue weighted by Gasteiger charge is -2.02. The van der Waals surface area contributed by atoms with Gasteiger partial charge >= 0.3 is 0 Å². The highest BCUT2D eigenvalue weighted by Gasteiger charge is 2.01. The Morgan fingerprint density at radius 3 is 2.67 bits per heavy atom. The van der Waals surface area contributed by atoms with Gasteiger partial charge in [0.25, 0.3) is 0 Å². The third kappa shape index (κ3) is 1.69. The summed E-state index contributed by atoms with van der Waals surface area (Å²) in [6.45, 7) is 0. The molecule has 0 atom stereocenters. The average molecular weight is 184 g/mol. The van der Waals surface area contributed by atoms with Crippen molar-refractivity contribution in [2.24, 2.45) is 0 Å². The van der Waals surface area contributed by atoms with Gasteiger partial charge in [-0.1, -0.05) is 22.0 Å². The molecule has 0 aromatic rings. The van der Waals surface area contributed by atoms with Gasteiger partial charge < -0.3 is 0 Å². The molecule has 1 aliphatic rings. The minimum absolute atomic E-state index is 0.873. The van der Waals surface area contributed by atoms with E-state index < -0.39 is 0 Å². The zero-order valence-electron chi connectivity index (χ0n) is 4.89. The molecule has 46 valence electrons. The van der Waals surface area contributed by atoms with Crippen LogP contribution in [0.25, 0.3) is 0 Å². The SMILES string of the molecule is N#CC1=CC=C(Br)CC1. The van der Waals surface area contributed by atoms with Crippen molar-refractivity contribution in [3.8, 4) is 6.07 Å². The van der Waals surface area contributed by atoms with Gasteiger partial charge in [0.05, 0.1) is 6.07 Å². The van der Waals surface area contributed by atoms with E-state index in [1.54, 1.807) is 0 Å². The van der Waals surface area contributed by atoms with Crippen molar-refractivity contribution in [3.63, 3.8) is 0 Å². The number of hydrogen-bond acceptors (Lipinski definition) is 1. The normalized spacial score (nSPS) is 17.8. The molecule has 0 aliphatic heterocycles. The molecule has 9 heavy (non-hydrogen) atoms. The number of nitriles is 1. The highest BCUT2D eigenvalue weighted by atomic mass is 79.9. The molecule has 0 aromatic heterocycles. The maximum Gasteiger partial charge on any atom is 0.0947 e. The van der Waals surface area contributed by atoms with Crippen LogP contribution >= 0.6 is 15.9 Å². The van der Waals surface area contributed by atoms with Crippen LogP contribution in [0.4, 0.5) is 0 Å². The van der Waals surface area contributed by atoms with E-state index in [1.165, 1.54) is 4.48 Å². The summed E-state index contributed by atoms with van der Waals surface area (Å²) in [5.74, 6) is 0. The van der Waals surface area contributed by atoms with E-state index >= 15 is 0 Å². The Kier molecular flexibility index (Phi) is 2.07. The van der Waals surface area contributed by atoms with E-state index in [0.717, 1.165) is 18.4 Å². The van der Waals surface area contributed by atoms with Gasteiger partial charge in [-0.15, -0.1) is 0 Å². The summed E-state index contributed by atoms with van der Waals surface area (Å²) in [5.41, 5.74) is 0.873. The average Bonchev–Trinajstić information content (AvgIpc) is 1.90. The predicted octanol–water partition coefficient (Wildman–Crippen LogP) is 2.51. The summed E-state index contributed by atoms with van der Waals surface area (Å²) in [4.78, 5) is 0. The molecule has 0 amide bonds. The number of rotatable bonds is 0. The number of halogens is 1. The molecule has 0 heterocycles. The van der Waals surface area contributed by atoms with E-state index in [-0.39, 0.29) is 0 Å². The summed E-state index contributed by atoms with van der Waals surface area (Å²) in [6.07, 6.45) is 5.64. The second-order valence-electron chi connectivity index (χ2n) is 1.92. The minimum atomic E-state index is 0.873. The maximum atomic E-state index is 8.41. The van der Waals surface area contributed by atoms with Crippen molar-refractivity contribution in [1.29, 1.82) is 5.26 Å². The summed E-state index contributed by atoms with van der Waals surface area (Å²) in [6, 6.07) is 2.12. The first-order chi connectivity index (χ1) is 4.33. The Morgan fingerprint density at radius 2 is 2.22 bits per heavy atom. The smallest absolute Gasteiger partial charge is 0.0947 e. The molecule has 1 aliphatic carbocycles. The van der Waals surface area contributed by atoms with Crippen LogP contribution in [0.1, 0.15) is 12.8 Å². The fourth-order valence-corrected chi connectivity index (χ4v) is 1.04. The topological polar surface area (TPSA) is 23.8 Å². The quantitative estimate of drug-likeness (QED) is 0.567. The summed E-state index contributed by atoms with van der Waals surface area (Å²) in [7, 11) is 0. The molecular weight excluding hydrogens is 178 g/mol. The summed E-state index contributed by atoms with van der Waals surface area (Å²) >= 11 is 3.35. The largest absolute Gasteiger partial charge is 0.193 e. The lowest BCUT2D eigenvalue weighted by atomic mass is 10.1. The lowest BCUT2D eigenvalue weighted by Crippen LogP contribution is -1.85. The Labute approximate surface area is 62.8 Å². The predicted molar refractivity (Wildman–Crippen MR) is 39.9 cm³/mol. The third-order valence-corrected chi connectivity index (χ3v) is 1.90. The van der Waals surface area contributed by atoms with Crippen LogP contribution in [-0.4, -0.2) is 0 Å². The lowest BCUT2D eigenvalue weighted by molar-refractivity contribution is 0.984. The van der Waals surface area contributed by atoms with E-state index in [4.69, 9.17) is 5.26 Å². The van der Waals surface area contributed by atoms with E-state index in [2.05, 4.69) is 22.0 Å². The third-order valence-electron chi connectivity index (χ3n) is 1.24.